The highest BCUT2D eigenvalue weighted by Gasteiger charge is 2.38. The summed E-state index contributed by atoms with van der Waals surface area (Å²) in [6.45, 7) is 10.7. The number of amides is 1. The van der Waals surface area contributed by atoms with Gasteiger partial charge in [-0.15, -0.1) is 0 Å². The number of benzene rings is 1. The van der Waals surface area contributed by atoms with Crippen molar-refractivity contribution in [2.24, 2.45) is 5.92 Å². The minimum absolute atomic E-state index is 0.0828. The molecular formula is C29H42F2N4O. The van der Waals surface area contributed by atoms with Gasteiger partial charge < -0.3 is 10.2 Å². The maximum Gasteiger partial charge on any atom is 0.248 e. The van der Waals surface area contributed by atoms with E-state index in [1.165, 1.54) is 5.69 Å². The first-order valence-electron chi connectivity index (χ1n) is 13.7. The largest absolute Gasteiger partial charge is 0.349 e. The van der Waals surface area contributed by atoms with Gasteiger partial charge in [-0.1, -0.05) is 44.2 Å². The van der Waals surface area contributed by atoms with Crippen LogP contribution in [0.2, 0.25) is 0 Å². The molecule has 1 aromatic heterocycles. The molecule has 0 spiro atoms. The van der Waals surface area contributed by atoms with Crippen molar-refractivity contribution in [3.63, 3.8) is 0 Å². The van der Waals surface area contributed by atoms with Crippen molar-refractivity contribution < 1.29 is 13.6 Å². The molecule has 2 atom stereocenters. The number of alkyl halides is 2. The number of nitrogens with one attached hydrogen (secondary N) is 1. The van der Waals surface area contributed by atoms with E-state index < -0.39 is 5.92 Å². The van der Waals surface area contributed by atoms with E-state index >= 15 is 0 Å². The second-order valence-electron chi connectivity index (χ2n) is 11.3. The lowest BCUT2D eigenvalue weighted by Gasteiger charge is -2.38. The minimum Gasteiger partial charge on any atom is -0.349 e. The number of likely N-dealkylation sites (tertiary alicyclic amines) is 1. The second-order valence-corrected chi connectivity index (χ2v) is 11.3. The van der Waals surface area contributed by atoms with E-state index in [0.717, 1.165) is 43.6 Å². The summed E-state index contributed by atoms with van der Waals surface area (Å²) in [6.07, 6.45) is 3.04. The van der Waals surface area contributed by atoms with Gasteiger partial charge in [-0.2, -0.15) is 5.10 Å². The minimum atomic E-state index is -2.62. The van der Waals surface area contributed by atoms with Crippen LogP contribution in [0.4, 0.5) is 8.78 Å². The van der Waals surface area contributed by atoms with E-state index in [0.29, 0.717) is 12.0 Å². The average Bonchev–Trinajstić information content (AvgIpc) is 3.26. The van der Waals surface area contributed by atoms with Gasteiger partial charge in [-0.25, -0.2) is 8.78 Å². The lowest BCUT2D eigenvalue weighted by molar-refractivity contribution is -0.130. The number of hydrogen-bond acceptors (Lipinski definition) is 3. The Morgan fingerprint density at radius 2 is 1.72 bits per heavy atom. The van der Waals surface area contributed by atoms with Crippen LogP contribution in [0.3, 0.4) is 0 Å². The third-order valence-electron chi connectivity index (χ3n) is 8.13. The number of carbonyl (C=O) groups is 1. The van der Waals surface area contributed by atoms with Crippen LogP contribution in [0.15, 0.2) is 36.4 Å². The Kier molecular flexibility index (Phi) is 8.48. The Labute approximate surface area is 214 Å². The number of nitrogens with zero attached hydrogens (tertiary/aromatic N) is 3. The molecule has 36 heavy (non-hydrogen) atoms. The molecular weight excluding hydrogens is 458 g/mol. The first-order chi connectivity index (χ1) is 17.1. The van der Waals surface area contributed by atoms with Crippen LogP contribution in [0.25, 0.3) is 0 Å². The highest BCUT2D eigenvalue weighted by Crippen LogP contribution is 2.37. The fourth-order valence-electron chi connectivity index (χ4n) is 5.88. The average molecular weight is 501 g/mol. The molecule has 4 rings (SSSR count). The molecule has 1 aliphatic heterocycles. The molecule has 7 heteroatoms. The predicted octanol–water partition coefficient (Wildman–Crippen LogP) is 6.41. The number of piperidine rings is 1. The fourth-order valence-corrected chi connectivity index (χ4v) is 5.88. The summed E-state index contributed by atoms with van der Waals surface area (Å²) < 4.78 is 29.5. The third-order valence-corrected chi connectivity index (χ3v) is 8.13. The summed E-state index contributed by atoms with van der Waals surface area (Å²) in [6, 6.07) is 12.8. The van der Waals surface area contributed by atoms with Crippen molar-refractivity contribution in [3.8, 4) is 0 Å². The molecule has 1 aromatic carbocycles. The Hall–Kier alpha value is -2.28. The SMILES string of the molecule is Cc1cc(C(C)C)n(C2CCN(C(C)C[C@H](NC(=O)C3CCC(F)(F)CC3)c3ccccc3)CC2)n1. The van der Waals surface area contributed by atoms with E-state index in [9.17, 15) is 13.6 Å². The molecule has 198 valence electrons. The monoisotopic (exact) mass is 500 g/mol. The summed E-state index contributed by atoms with van der Waals surface area (Å²) in [7, 11) is 0. The van der Waals surface area contributed by atoms with Gasteiger partial charge >= 0.3 is 0 Å². The number of halogens is 2. The summed E-state index contributed by atoms with van der Waals surface area (Å²) in [5.74, 6) is -2.58. The molecule has 1 amide bonds. The van der Waals surface area contributed by atoms with Crippen molar-refractivity contribution in [1.29, 1.82) is 0 Å². The second kappa shape index (κ2) is 11.4. The molecule has 1 aliphatic carbocycles. The zero-order valence-electron chi connectivity index (χ0n) is 22.2. The zero-order valence-corrected chi connectivity index (χ0v) is 22.2. The molecule has 2 aliphatic rings. The number of hydrogen-bond donors (Lipinski definition) is 1. The quantitative estimate of drug-likeness (QED) is 0.455. The molecule has 1 unspecified atom stereocenters. The zero-order chi connectivity index (χ0) is 25.9. The van der Waals surface area contributed by atoms with Gasteiger partial charge in [0.2, 0.25) is 11.8 Å². The molecule has 2 aromatic rings. The van der Waals surface area contributed by atoms with Crippen LogP contribution in [-0.2, 0) is 4.79 Å². The van der Waals surface area contributed by atoms with Crippen LogP contribution in [-0.4, -0.2) is 45.6 Å². The molecule has 1 saturated heterocycles. The standard InChI is InChI=1S/C29H42F2N4O/c1-20(2)27-18-21(3)33-35(27)25-12-16-34(17-13-25)22(4)19-26(23-8-6-5-7-9-23)32-28(36)24-10-14-29(30,31)15-11-24/h5-9,18,20,22,24-26H,10-17,19H2,1-4H3,(H,32,36)/t22?,26-/m0/s1. The molecule has 0 bridgehead atoms. The van der Waals surface area contributed by atoms with Crippen molar-refractivity contribution in [1.82, 2.24) is 20.0 Å². The van der Waals surface area contributed by atoms with E-state index in [1.54, 1.807) is 0 Å². The number of rotatable bonds is 8. The third kappa shape index (κ3) is 6.53. The summed E-state index contributed by atoms with van der Waals surface area (Å²) in [5.41, 5.74) is 3.46. The van der Waals surface area contributed by atoms with Gasteiger partial charge in [-0.3, -0.25) is 9.48 Å². The van der Waals surface area contributed by atoms with E-state index in [1.807, 2.05) is 30.3 Å². The van der Waals surface area contributed by atoms with Gasteiger partial charge in [-0.05, 0) is 63.5 Å². The number of aryl methyl sites for hydroxylation is 1. The van der Waals surface area contributed by atoms with Crippen LogP contribution in [0, 0.1) is 12.8 Å². The van der Waals surface area contributed by atoms with Crippen LogP contribution >= 0.6 is 0 Å². The van der Waals surface area contributed by atoms with Gasteiger partial charge in [0.05, 0.1) is 17.8 Å². The van der Waals surface area contributed by atoms with E-state index in [4.69, 9.17) is 5.10 Å². The molecule has 5 nitrogen and oxygen atoms in total. The summed E-state index contributed by atoms with van der Waals surface area (Å²) >= 11 is 0. The maximum absolute atomic E-state index is 13.6. The maximum atomic E-state index is 13.6. The smallest absolute Gasteiger partial charge is 0.248 e. The lowest BCUT2D eigenvalue weighted by atomic mass is 9.85. The highest BCUT2D eigenvalue weighted by atomic mass is 19.3. The van der Waals surface area contributed by atoms with Gasteiger partial charge in [0.15, 0.2) is 0 Å². The van der Waals surface area contributed by atoms with Crippen LogP contribution < -0.4 is 5.32 Å². The Balaban J connectivity index is 1.37. The van der Waals surface area contributed by atoms with Gasteiger partial charge in [0.1, 0.15) is 0 Å². The number of aromatic nitrogens is 2. The van der Waals surface area contributed by atoms with Crippen molar-refractivity contribution in [3.05, 3.63) is 53.3 Å². The molecule has 2 fully saturated rings. The lowest BCUT2D eigenvalue weighted by Crippen LogP contribution is -2.44. The van der Waals surface area contributed by atoms with Crippen molar-refractivity contribution >= 4 is 5.91 Å². The van der Waals surface area contributed by atoms with E-state index in [2.05, 4.69) is 48.7 Å². The molecule has 1 N–H and O–H groups in total. The first kappa shape index (κ1) is 26.8. The van der Waals surface area contributed by atoms with Crippen LogP contribution in [0.1, 0.15) is 101 Å². The number of carbonyl (C=O) groups excluding carboxylic acids is 1. The highest BCUT2D eigenvalue weighted by molar-refractivity contribution is 5.79. The van der Waals surface area contributed by atoms with Crippen molar-refractivity contribution in [2.45, 2.75) is 103 Å². The fraction of sp³-hybridized carbons (Fsp3) is 0.655. The molecule has 2 heterocycles. The van der Waals surface area contributed by atoms with Crippen LogP contribution in [0.5, 0.6) is 0 Å². The summed E-state index contributed by atoms with van der Waals surface area (Å²) in [5, 5.41) is 8.04. The molecule has 0 radical (unpaired) electrons. The van der Waals surface area contributed by atoms with Gasteiger partial charge in [0, 0.05) is 43.6 Å². The van der Waals surface area contributed by atoms with E-state index in [-0.39, 0.29) is 49.6 Å². The summed E-state index contributed by atoms with van der Waals surface area (Å²) in [4.78, 5) is 15.6. The first-order valence-corrected chi connectivity index (χ1v) is 13.7. The Morgan fingerprint density at radius 3 is 2.33 bits per heavy atom. The normalized spacial score (nSPS) is 21.4. The van der Waals surface area contributed by atoms with Crippen molar-refractivity contribution in [2.75, 3.05) is 13.1 Å². The topological polar surface area (TPSA) is 50.2 Å². The van der Waals surface area contributed by atoms with Gasteiger partial charge in [0.25, 0.3) is 0 Å². The molecule has 1 saturated carbocycles. The predicted molar refractivity (Wildman–Crippen MR) is 139 cm³/mol. The Morgan fingerprint density at radius 1 is 1.08 bits per heavy atom. The Bertz CT molecular complexity index is 988.